The fraction of sp³-hybridized carbons (Fsp3) is 0.556. The standard InChI is InChI=1S/C18H24N4O3/c1-13(2)16(24)21-7-8-22(17(25)14-5-3-4-6-19-14)12-18(11-21)9-15(23)20-10-18/h3-6,13H,7-12H2,1-2H3,(H,20,23)/t18-/m1/s1. The fourth-order valence-corrected chi connectivity index (χ4v) is 3.61. The van der Waals surface area contributed by atoms with E-state index in [0.717, 1.165) is 0 Å². The molecule has 7 heteroatoms. The first kappa shape index (κ1) is 17.4. The summed E-state index contributed by atoms with van der Waals surface area (Å²) in [7, 11) is 0. The summed E-state index contributed by atoms with van der Waals surface area (Å²) in [5.74, 6) is -0.228. The molecule has 3 rings (SSSR count). The molecule has 0 aliphatic carbocycles. The maximum atomic E-state index is 12.8. The van der Waals surface area contributed by atoms with E-state index in [9.17, 15) is 14.4 Å². The number of carbonyl (C=O) groups excluding carboxylic acids is 3. The zero-order valence-electron chi connectivity index (χ0n) is 14.7. The van der Waals surface area contributed by atoms with E-state index >= 15 is 0 Å². The van der Waals surface area contributed by atoms with Crippen molar-refractivity contribution < 1.29 is 14.4 Å². The lowest BCUT2D eigenvalue weighted by Gasteiger charge is -2.33. The van der Waals surface area contributed by atoms with E-state index in [0.29, 0.717) is 44.8 Å². The Labute approximate surface area is 147 Å². The molecule has 3 heterocycles. The Morgan fingerprint density at radius 1 is 1.20 bits per heavy atom. The molecule has 2 aliphatic rings. The van der Waals surface area contributed by atoms with Gasteiger partial charge in [0, 0.05) is 56.7 Å². The van der Waals surface area contributed by atoms with Gasteiger partial charge in [-0.05, 0) is 12.1 Å². The number of hydrogen-bond donors (Lipinski definition) is 1. The van der Waals surface area contributed by atoms with Crippen LogP contribution in [0, 0.1) is 11.3 Å². The second-order valence-corrected chi connectivity index (χ2v) is 7.31. The Bertz CT molecular complexity index is 676. The van der Waals surface area contributed by atoms with Crippen LogP contribution in [-0.4, -0.2) is 65.2 Å². The molecule has 134 valence electrons. The van der Waals surface area contributed by atoms with Gasteiger partial charge in [0.05, 0.1) is 0 Å². The maximum Gasteiger partial charge on any atom is 0.272 e. The first-order chi connectivity index (χ1) is 11.9. The molecule has 2 aliphatic heterocycles. The van der Waals surface area contributed by atoms with E-state index in [-0.39, 0.29) is 23.6 Å². The third-order valence-corrected chi connectivity index (χ3v) is 4.87. The summed E-state index contributed by atoms with van der Waals surface area (Å²) in [5, 5.41) is 2.87. The Hall–Kier alpha value is -2.44. The van der Waals surface area contributed by atoms with E-state index in [1.54, 1.807) is 34.2 Å². The van der Waals surface area contributed by atoms with E-state index in [1.165, 1.54) is 0 Å². The minimum absolute atomic E-state index is 0.0240. The van der Waals surface area contributed by atoms with Crippen molar-refractivity contribution in [3.05, 3.63) is 30.1 Å². The topological polar surface area (TPSA) is 82.6 Å². The smallest absolute Gasteiger partial charge is 0.272 e. The highest BCUT2D eigenvalue weighted by molar-refractivity contribution is 5.92. The summed E-state index contributed by atoms with van der Waals surface area (Å²) in [5.41, 5.74) is -0.0404. The molecule has 1 N–H and O–H groups in total. The molecule has 1 aromatic rings. The highest BCUT2D eigenvalue weighted by Gasteiger charge is 2.45. The van der Waals surface area contributed by atoms with Crippen LogP contribution in [0.4, 0.5) is 0 Å². The molecular weight excluding hydrogens is 320 g/mol. The number of nitrogens with zero attached hydrogens (tertiary/aromatic N) is 3. The first-order valence-corrected chi connectivity index (χ1v) is 8.66. The van der Waals surface area contributed by atoms with E-state index in [1.807, 2.05) is 13.8 Å². The Kier molecular flexibility index (Phi) is 4.74. The Balaban J connectivity index is 1.86. The predicted octanol–water partition coefficient (Wildman–Crippen LogP) is 0.528. The van der Waals surface area contributed by atoms with Gasteiger partial charge in [-0.1, -0.05) is 19.9 Å². The van der Waals surface area contributed by atoms with Gasteiger partial charge in [0.25, 0.3) is 5.91 Å². The highest BCUT2D eigenvalue weighted by atomic mass is 16.2. The number of aromatic nitrogens is 1. The number of amides is 3. The minimum atomic E-state index is -0.428. The molecule has 7 nitrogen and oxygen atoms in total. The van der Waals surface area contributed by atoms with E-state index < -0.39 is 5.41 Å². The van der Waals surface area contributed by atoms with Gasteiger partial charge in [0.15, 0.2) is 0 Å². The Morgan fingerprint density at radius 2 is 1.92 bits per heavy atom. The van der Waals surface area contributed by atoms with Crippen molar-refractivity contribution in [2.45, 2.75) is 20.3 Å². The molecule has 0 radical (unpaired) electrons. The summed E-state index contributed by atoms with van der Waals surface area (Å²) in [6.07, 6.45) is 1.93. The molecule has 1 atom stereocenters. The molecular formula is C18H24N4O3. The molecule has 0 aromatic carbocycles. The van der Waals surface area contributed by atoms with Crippen LogP contribution in [0.1, 0.15) is 30.8 Å². The van der Waals surface area contributed by atoms with Crippen molar-refractivity contribution in [1.82, 2.24) is 20.1 Å². The van der Waals surface area contributed by atoms with Crippen LogP contribution in [0.15, 0.2) is 24.4 Å². The van der Waals surface area contributed by atoms with E-state index in [4.69, 9.17) is 0 Å². The summed E-state index contributed by atoms with van der Waals surface area (Å²) in [6.45, 7) is 6.09. The Morgan fingerprint density at radius 3 is 2.52 bits per heavy atom. The van der Waals surface area contributed by atoms with Crippen LogP contribution < -0.4 is 5.32 Å². The van der Waals surface area contributed by atoms with Gasteiger partial charge in [-0.3, -0.25) is 19.4 Å². The minimum Gasteiger partial charge on any atom is -0.355 e. The molecule has 0 unspecified atom stereocenters. The van der Waals surface area contributed by atoms with Gasteiger partial charge in [0.1, 0.15) is 5.69 Å². The number of pyridine rings is 1. The lowest BCUT2D eigenvalue weighted by atomic mass is 9.85. The van der Waals surface area contributed by atoms with Gasteiger partial charge >= 0.3 is 0 Å². The van der Waals surface area contributed by atoms with Crippen molar-refractivity contribution >= 4 is 17.7 Å². The van der Waals surface area contributed by atoms with Gasteiger partial charge in [-0.15, -0.1) is 0 Å². The van der Waals surface area contributed by atoms with Crippen LogP contribution in [0.3, 0.4) is 0 Å². The average molecular weight is 344 g/mol. The normalized spacial score (nSPS) is 23.7. The van der Waals surface area contributed by atoms with Gasteiger partial charge in [-0.25, -0.2) is 0 Å². The summed E-state index contributed by atoms with van der Waals surface area (Å²) >= 11 is 0. The van der Waals surface area contributed by atoms with Crippen molar-refractivity contribution in [3.8, 4) is 0 Å². The third-order valence-electron chi connectivity index (χ3n) is 4.87. The maximum absolute atomic E-state index is 12.8. The molecule has 0 saturated carbocycles. The van der Waals surface area contributed by atoms with Crippen LogP contribution >= 0.6 is 0 Å². The number of carbonyl (C=O) groups is 3. The van der Waals surface area contributed by atoms with Gasteiger partial charge < -0.3 is 15.1 Å². The van der Waals surface area contributed by atoms with Crippen molar-refractivity contribution in [3.63, 3.8) is 0 Å². The monoisotopic (exact) mass is 344 g/mol. The molecule has 0 bridgehead atoms. The van der Waals surface area contributed by atoms with E-state index in [2.05, 4.69) is 10.3 Å². The molecule has 2 saturated heterocycles. The quantitative estimate of drug-likeness (QED) is 0.848. The largest absolute Gasteiger partial charge is 0.355 e. The second kappa shape index (κ2) is 6.82. The summed E-state index contributed by atoms with van der Waals surface area (Å²) < 4.78 is 0. The van der Waals surface area contributed by atoms with Crippen molar-refractivity contribution in [2.75, 3.05) is 32.7 Å². The van der Waals surface area contributed by atoms with Crippen LogP contribution in [0.2, 0.25) is 0 Å². The van der Waals surface area contributed by atoms with Crippen molar-refractivity contribution in [1.29, 1.82) is 0 Å². The first-order valence-electron chi connectivity index (χ1n) is 8.66. The summed E-state index contributed by atoms with van der Waals surface area (Å²) in [6, 6.07) is 5.24. The molecule has 2 fully saturated rings. The average Bonchev–Trinajstić information content (AvgIpc) is 2.86. The third kappa shape index (κ3) is 3.65. The van der Waals surface area contributed by atoms with Gasteiger partial charge in [0.2, 0.25) is 11.8 Å². The van der Waals surface area contributed by atoms with Crippen molar-refractivity contribution in [2.24, 2.45) is 11.3 Å². The fourth-order valence-electron chi connectivity index (χ4n) is 3.61. The van der Waals surface area contributed by atoms with Crippen LogP contribution in [0.25, 0.3) is 0 Å². The summed E-state index contributed by atoms with van der Waals surface area (Å²) in [4.78, 5) is 44.9. The number of rotatable bonds is 2. The lowest BCUT2D eigenvalue weighted by Crippen LogP contribution is -2.45. The molecule has 25 heavy (non-hydrogen) atoms. The SMILES string of the molecule is CC(C)C(=O)N1CCN(C(=O)c2ccccn2)C[C@]2(CNC(=O)C2)C1. The van der Waals surface area contributed by atoms with Gasteiger partial charge in [-0.2, -0.15) is 0 Å². The van der Waals surface area contributed by atoms with Crippen LogP contribution in [-0.2, 0) is 9.59 Å². The molecule has 1 spiro atoms. The number of hydrogen-bond acceptors (Lipinski definition) is 4. The zero-order chi connectivity index (χ0) is 18.0. The molecule has 1 aromatic heterocycles. The van der Waals surface area contributed by atoms with Crippen LogP contribution in [0.5, 0.6) is 0 Å². The predicted molar refractivity (Wildman–Crippen MR) is 91.6 cm³/mol. The lowest BCUT2D eigenvalue weighted by molar-refractivity contribution is -0.135. The zero-order valence-corrected chi connectivity index (χ0v) is 14.7. The highest BCUT2D eigenvalue weighted by Crippen LogP contribution is 2.31. The second-order valence-electron chi connectivity index (χ2n) is 7.31. The molecule has 3 amide bonds. The number of nitrogens with one attached hydrogen (secondary N) is 1.